The van der Waals surface area contributed by atoms with Gasteiger partial charge in [-0.25, -0.2) is 9.79 Å². The minimum Gasteiger partial charge on any atom is -0.480 e. The molecule has 3 atom stereocenters. The lowest BCUT2D eigenvalue weighted by Gasteiger charge is -2.47. The second-order valence-electron chi connectivity index (χ2n) is 6.18. The average Bonchev–Trinajstić information content (AvgIpc) is 2.73. The summed E-state index contributed by atoms with van der Waals surface area (Å²) in [5, 5.41) is 9.28. The van der Waals surface area contributed by atoms with Gasteiger partial charge in [-0.3, -0.25) is 4.79 Å². The molecule has 2 fully saturated rings. The van der Waals surface area contributed by atoms with E-state index in [1.807, 2.05) is 19.9 Å². The molecule has 5 nitrogen and oxygen atoms in total. The summed E-state index contributed by atoms with van der Waals surface area (Å²) in [6.45, 7) is 5.76. The number of β-lactam (4-membered cyclic amide) rings is 1. The van der Waals surface area contributed by atoms with Crippen molar-refractivity contribution in [2.24, 2.45) is 4.99 Å². The smallest absolute Gasteiger partial charge is 0.327 e. The van der Waals surface area contributed by atoms with Gasteiger partial charge >= 0.3 is 5.97 Å². The lowest BCUT2D eigenvalue weighted by Crippen LogP contribution is -2.70. The summed E-state index contributed by atoms with van der Waals surface area (Å²) in [6.07, 6.45) is 6.69. The number of rotatable bonds is 6. The predicted octanol–water partition coefficient (Wildman–Crippen LogP) is 3.61. The fourth-order valence-corrected chi connectivity index (χ4v) is 5.58. The van der Waals surface area contributed by atoms with Crippen molar-refractivity contribution in [2.75, 3.05) is 0 Å². The second kappa shape index (κ2) is 6.76. The number of allylic oxidation sites excluding steroid dienone is 2. The maximum absolute atomic E-state index is 12.5. The Hall–Kier alpha value is -0.530. The second-order valence-corrected chi connectivity index (χ2v) is 9.51. The fourth-order valence-electron chi connectivity index (χ4n) is 2.80. The number of carbonyl (C=O) groups is 2. The van der Waals surface area contributed by atoms with E-state index in [2.05, 4.69) is 27.8 Å². The van der Waals surface area contributed by atoms with Crippen LogP contribution in [0.4, 0.5) is 0 Å². The van der Waals surface area contributed by atoms with E-state index in [1.54, 1.807) is 6.08 Å². The van der Waals surface area contributed by atoms with Crippen molar-refractivity contribution in [3.05, 3.63) is 12.2 Å². The lowest BCUT2D eigenvalue weighted by molar-refractivity contribution is -0.160. The first-order valence-corrected chi connectivity index (χ1v) is 9.54. The van der Waals surface area contributed by atoms with E-state index in [1.165, 1.54) is 16.7 Å². The van der Waals surface area contributed by atoms with Crippen LogP contribution in [0.1, 0.15) is 40.0 Å². The highest BCUT2D eigenvalue weighted by atomic mass is 79.9. The van der Waals surface area contributed by atoms with Gasteiger partial charge in [0.15, 0.2) is 0 Å². The maximum atomic E-state index is 12.5. The number of thioether (sulfide) groups is 1. The van der Waals surface area contributed by atoms with E-state index in [4.69, 9.17) is 11.6 Å². The zero-order chi connectivity index (χ0) is 17.4. The first-order valence-electron chi connectivity index (χ1n) is 7.49. The van der Waals surface area contributed by atoms with Crippen molar-refractivity contribution in [2.45, 2.75) is 60.6 Å². The Balaban J connectivity index is 2.18. The third-order valence-electron chi connectivity index (χ3n) is 3.95. The van der Waals surface area contributed by atoms with Crippen molar-refractivity contribution < 1.29 is 14.7 Å². The molecule has 0 bridgehead atoms. The van der Waals surface area contributed by atoms with E-state index >= 15 is 0 Å². The van der Waals surface area contributed by atoms with Crippen LogP contribution < -0.4 is 0 Å². The molecule has 1 amide bonds. The van der Waals surface area contributed by atoms with Crippen LogP contribution in [-0.2, 0) is 9.59 Å². The molecule has 0 saturated carbocycles. The van der Waals surface area contributed by atoms with Gasteiger partial charge in [-0.2, -0.15) is 0 Å². The molecule has 2 aliphatic heterocycles. The largest absolute Gasteiger partial charge is 0.480 e. The quantitative estimate of drug-likeness (QED) is 0.233. The zero-order valence-corrected chi connectivity index (χ0v) is 16.4. The molecule has 2 saturated heterocycles. The van der Waals surface area contributed by atoms with Gasteiger partial charge in [-0.1, -0.05) is 37.4 Å². The van der Waals surface area contributed by atoms with Gasteiger partial charge < -0.3 is 10.0 Å². The van der Waals surface area contributed by atoms with Crippen LogP contribution in [0.2, 0.25) is 0 Å². The van der Waals surface area contributed by atoms with E-state index in [0.717, 1.165) is 19.3 Å². The van der Waals surface area contributed by atoms with Crippen LogP contribution in [0.25, 0.3) is 0 Å². The molecule has 2 rings (SSSR count). The first-order chi connectivity index (χ1) is 10.6. The molecule has 0 aliphatic carbocycles. The molecular formula is C15H20BrClN2O3S. The molecule has 2 aliphatic rings. The van der Waals surface area contributed by atoms with Crippen molar-refractivity contribution in [3.63, 3.8) is 0 Å². The number of fused-ring (bicyclic) bond motifs is 1. The Kier molecular flexibility index (Phi) is 5.53. The van der Waals surface area contributed by atoms with E-state index in [-0.39, 0.29) is 16.5 Å². The summed E-state index contributed by atoms with van der Waals surface area (Å²) in [5.74, 6) is -1.35. The summed E-state index contributed by atoms with van der Waals surface area (Å²) in [7, 11) is 0. The number of carboxylic acid groups (broad SMARTS) is 1. The summed E-state index contributed by atoms with van der Waals surface area (Å²) in [5.41, 5.74) is 0. The van der Waals surface area contributed by atoms with Gasteiger partial charge in [-0.15, -0.1) is 11.8 Å². The number of carbonyl (C=O) groups excluding carboxylic acids is 1. The minimum atomic E-state index is -1.18. The van der Waals surface area contributed by atoms with Crippen LogP contribution in [0.15, 0.2) is 17.1 Å². The molecular weight excluding hydrogens is 404 g/mol. The van der Waals surface area contributed by atoms with Gasteiger partial charge in [-0.05, 0) is 42.3 Å². The maximum Gasteiger partial charge on any atom is 0.327 e. The lowest BCUT2D eigenvalue weighted by atomic mass is 9.96. The van der Waals surface area contributed by atoms with Crippen molar-refractivity contribution in [1.29, 1.82) is 0 Å². The molecule has 0 aromatic rings. The van der Waals surface area contributed by atoms with Crippen LogP contribution in [0.5, 0.6) is 0 Å². The Morgan fingerprint density at radius 2 is 2.22 bits per heavy atom. The fraction of sp³-hybridized carbons (Fsp3) is 0.667. The van der Waals surface area contributed by atoms with Crippen LogP contribution in [0.3, 0.4) is 0 Å². The summed E-state index contributed by atoms with van der Waals surface area (Å²) >= 11 is 10.9. The van der Waals surface area contributed by atoms with Gasteiger partial charge in [0, 0.05) is 4.75 Å². The summed E-state index contributed by atoms with van der Waals surface area (Å²) < 4.78 is -1.76. The Labute approximate surface area is 153 Å². The molecule has 2 heterocycles. The Bertz CT molecular complexity index is 581. The van der Waals surface area contributed by atoms with Gasteiger partial charge in [0.1, 0.15) is 16.6 Å². The minimum absolute atomic E-state index is 0.239. The number of amides is 1. The molecule has 1 N–H and O–H groups in total. The molecule has 23 heavy (non-hydrogen) atoms. The monoisotopic (exact) mass is 422 g/mol. The molecule has 0 spiro atoms. The topological polar surface area (TPSA) is 70.0 Å². The van der Waals surface area contributed by atoms with Gasteiger partial charge in [0.2, 0.25) is 4.45 Å². The number of alkyl halides is 1. The normalized spacial score (nSPS) is 33.0. The van der Waals surface area contributed by atoms with E-state index in [0.29, 0.717) is 0 Å². The number of nitrogens with zero attached hydrogens (tertiary/aromatic N) is 2. The third kappa shape index (κ3) is 3.33. The molecule has 8 heteroatoms. The van der Waals surface area contributed by atoms with Crippen molar-refractivity contribution >= 4 is 56.3 Å². The number of carboxylic acids is 1. The van der Waals surface area contributed by atoms with Gasteiger partial charge in [0.25, 0.3) is 5.91 Å². The Morgan fingerprint density at radius 1 is 1.57 bits per heavy atom. The van der Waals surface area contributed by atoms with Crippen molar-refractivity contribution in [3.8, 4) is 0 Å². The third-order valence-corrected chi connectivity index (χ3v) is 7.04. The van der Waals surface area contributed by atoms with Crippen LogP contribution in [-0.4, -0.2) is 47.7 Å². The number of aliphatic carboxylic acids is 1. The molecule has 1 unspecified atom stereocenters. The Morgan fingerprint density at radius 3 is 2.78 bits per heavy atom. The predicted molar refractivity (Wildman–Crippen MR) is 97.3 cm³/mol. The molecule has 0 radical (unpaired) electrons. The zero-order valence-electron chi connectivity index (χ0n) is 13.3. The number of aliphatic imine (C=N–C) groups is 1. The number of unbranched alkanes of at least 4 members (excludes halogenated alkanes) is 2. The van der Waals surface area contributed by atoms with E-state index in [9.17, 15) is 14.7 Å². The molecule has 128 valence electrons. The standard InChI is InChI=1S/C15H20BrClN2O3S/c1-4-5-6-7-8-9(17)18-15(16)12(22)19-10(11(20)21)14(2,3)23-13(15)19/h7-8,10,13H,4-6H2,1-3H3,(H,20,21)/t10-,13+,15?/m0/s1. The van der Waals surface area contributed by atoms with E-state index < -0.39 is 21.2 Å². The average molecular weight is 424 g/mol. The highest BCUT2D eigenvalue weighted by Crippen LogP contribution is 2.58. The molecule has 0 aromatic carbocycles. The van der Waals surface area contributed by atoms with Crippen LogP contribution >= 0.6 is 39.3 Å². The van der Waals surface area contributed by atoms with Crippen LogP contribution in [0, 0.1) is 0 Å². The molecule has 0 aromatic heterocycles. The van der Waals surface area contributed by atoms with Crippen molar-refractivity contribution in [1.82, 2.24) is 4.90 Å². The number of halogens is 2. The number of hydrogen-bond donors (Lipinski definition) is 1. The summed E-state index contributed by atoms with van der Waals surface area (Å²) in [6, 6.07) is -0.857. The SMILES string of the molecule is CCCCC=CC(Cl)=NC1(Br)C(=O)N2[C@@H](C(=O)O)C(C)(C)S[C@@H]21. The summed E-state index contributed by atoms with van der Waals surface area (Å²) in [4.78, 5) is 29.7. The highest BCUT2D eigenvalue weighted by molar-refractivity contribution is 9.10. The number of hydrogen-bond acceptors (Lipinski definition) is 4. The first kappa shape index (κ1) is 18.8. The highest BCUT2D eigenvalue weighted by Gasteiger charge is 2.71. The van der Waals surface area contributed by atoms with Gasteiger partial charge in [0.05, 0.1) is 0 Å².